The van der Waals surface area contributed by atoms with Crippen molar-refractivity contribution in [3.05, 3.63) is 23.8 Å². The lowest BCUT2D eigenvalue weighted by molar-refractivity contribution is 0.143. The molecule has 1 atom stereocenters. The fourth-order valence-corrected chi connectivity index (χ4v) is 2.98. The molecule has 1 aromatic carbocycles. The fourth-order valence-electron chi connectivity index (χ4n) is 2.98. The van der Waals surface area contributed by atoms with E-state index < -0.39 is 0 Å². The van der Waals surface area contributed by atoms with Crippen LogP contribution in [0.1, 0.15) is 50.6 Å². The van der Waals surface area contributed by atoms with Gasteiger partial charge in [-0.15, -0.1) is 0 Å². The zero-order valence-electron chi connectivity index (χ0n) is 11.3. The first-order chi connectivity index (χ1) is 8.61. The molecule has 0 saturated heterocycles. The van der Waals surface area contributed by atoms with Crippen LogP contribution in [-0.4, -0.2) is 28.2 Å². The second-order valence-corrected chi connectivity index (χ2v) is 5.34. The standard InChI is InChI=1S/C15H23NO2/c1-11(15-13(17)9-6-10-14(15)18)16(2)12-7-4-3-5-8-12/h6,9-12,17-18H,3-5,7-8H2,1-2H3. The number of phenolic OH excluding ortho intramolecular Hbond substituents is 2. The van der Waals surface area contributed by atoms with Gasteiger partial charge in [0.2, 0.25) is 0 Å². The van der Waals surface area contributed by atoms with Gasteiger partial charge >= 0.3 is 0 Å². The summed E-state index contributed by atoms with van der Waals surface area (Å²) >= 11 is 0. The highest BCUT2D eigenvalue weighted by molar-refractivity contribution is 5.45. The summed E-state index contributed by atoms with van der Waals surface area (Å²) in [6.07, 6.45) is 6.34. The van der Waals surface area contributed by atoms with Gasteiger partial charge in [0, 0.05) is 12.1 Å². The van der Waals surface area contributed by atoms with E-state index in [9.17, 15) is 10.2 Å². The van der Waals surface area contributed by atoms with Crippen molar-refractivity contribution in [3.8, 4) is 11.5 Å². The van der Waals surface area contributed by atoms with Crippen molar-refractivity contribution in [1.29, 1.82) is 0 Å². The Balaban J connectivity index is 2.16. The minimum absolute atomic E-state index is 0.0364. The van der Waals surface area contributed by atoms with E-state index in [0.29, 0.717) is 11.6 Å². The molecule has 1 unspecified atom stereocenters. The lowest BCUT2D eigenvalue weighted by atomic mass is 9.92. The van der Waals surface area contributed by atoms with E-state index in [2.05, 4.69) is 11.9 Å². The number of benzene rings is 1. The first-order valence-electron chi connectivity index (χ1n) is 6.84. The molecule has 0 spiro atoms. The number of hydrogen-bond acceptors (Lipinski definition) is 3. The van der Waals surface area contributed by atoms with Gasteiger partial charge < -0.3 is 10.2 Å². The highest BCUT2D eigenvalue weighted by atomic mass is 16.3. The van der Waals surface area contributed by atoms with Gasteiger partial charge in [0.25, 0.3) is 0 Å². The van der Waals surface area contributed by atoms with Crippen molar-refractivity contribution < 1.29 is 10.2 Å². The van der Waals surface area contributed by atoms with Crippen LogP contribution in [0.15, 0.2) is 18.2 Å². The van der Waals surface area contributed by atoms with Crippen LogP contribution < -0.4 is 0 Å². The van der Waals surface area contributed by atoms with E-state index in [1.165, 1.54) is 32.1 Å². The van der Waals surface area contributed by atoms with Crippen molar-refractivity contribution in [2.24, 2.45) is 0 Å². The molecule has 0 radical (unpaired) electrons. The lowest BCUT2D eigenvalue weighted by Crippen LogP contribution is -2.35. The highest BCUT2D eigenvalue weighted by Crippen LogP contribution is 2.37. The number of nitrogens with zero attached hydrogens (tertiary/aromatic N) is 1. The molecule has 0 bridgehead atoms. The third kappa shape index (κ3) is 2.61. The molecule has 0 aromatic heterocycles. The van der Waals surface area contributed by atoms with Gasteiger partial charge in [-0.05, 0) is 38.9 Å². The van der Waals surface area contributed by atoms with Crippen molar-refractivity contribution in [1.82, 2.24) is 4.90 Å². The summed E-state index contributed by atoms with van der Waals surface area (Å²) in [6.45, 7) is 2.05. The van der Waals surface area contributed by atoms with Gasteiger partial charge in [-0.3, -0.25) is 4.90 Å². The minimum atomic E-state index is 0.0364. The van der Waals surface area contributed by atoms with E-state index in [1.807, 2.05) is 6.92 Å². The summed E-state index contributed by atoms with van der Waals surface area (Å²) < 4.78 is 0. The average molecular weight is 249 g/mol. The van der Waals surface area contributed by atoms with Crippen molar-refractivity contribution in [2.75, 3.05) is 7.05 Å². The zero-order chi connectivity index (χ0) is 13.1. The van der Waals surface area contributed by atoms with Gasteiger partial charge in [0.15, 0.2) is 0 Å². The summed E-state index contributed by atoms with van der Waals surface area (Å²) in [5.41, 5.74) is 0.644. The lowest BCUT2D eigenvalue weighted by Gasteiger charge is -2.36. The predicted octanol–water partition coefficient (Wildman–Crippen LogP) is 3.42. The second-order valence-electron chi connectivity index (χ2n) is 5.34. The summed E-state index contributed by atoms with van der Waals surface area (Å²) in [5, 5.41) is 19.8. The summed E-state index contributed by atoms with van der Waals surface area (Å²) in [6, 6.07) is 5.55. The fraction of sp³-hybridized carbons (Fsp3) is 0.600. The first kappa shape index (κ1) is 13.2. The largest absolute Gasteiger partial charge is 0.507 e. The Labute approximate surface area is 109 Å². The van der Waals surface area contributed by atoms with Crippen molar-refractivity contribution in [3.63, 3.8) is 0 Å². The molecule has 0 heterocycles. The van der Waals surface area contributed by atoms with Crippen LogP contribution in [0, 0.1) is 0 Å². The third-order valence-electron chi connectivity index (χ3n) is 4.24. The molecule has 2 rings (SSSR count). The van der Waals surface area contributed by atoms with Gasteiger partial charge in [0.05, 0.1) is 5.56 Å². The molecule has 3 nitrogen and oxygen atoms in total. The Kier molecular flexibility index (Phi) is 4.12. The number of aromatic hydroxyl groups is 2. The Hall–Kier alpha value is -1.22. The Morgan fingerprint density at radius 2 is 1.67 bits per heavy atom. The maximum Gasteiger partial charge on any atom is 0.124 e. The number of hydrogen-bond donors (Lipinski definition) is 2. The van der Waals surface area contributed by atoms with Crippen LogP contribution in [0.25, 0.3) is 0 Å². The topological polar surface area (TPSA) is 43.7 Å². The molecule has 1 aliphatic carbocycles. The summed E-state index contributed by atoms with van der Waals surface area (Å²) in [5.74, 6) is 0.371. The molecular weight excluding hydrogens is 226 g/mol. The van der Waals surface area contributed by atoms with Crippen molar-refractivity contribution >= 4 is 0 Å². The Bertz CT molecular complexity index is 379. The third-order valence-corrected chi connectivity index (χ3v) is 4.24. The minimum Gasteiger partial charge on any atom is -0.507 e. The van der Waals surface area contributed by atoms with E-state index in [-0.39, 0.29) is 17.5 Å². The second kappa shape index (κ2) is 5.61. The molecule has 0 aliphatic heterocycles. The van der Waals surface area contributed by atoms with E-state index in [1.54, 1.807) is 18.2 Å². The quantitative estimate of drug-likeness (QED) is 0.862. The molecular formula is C15H23NO2. The van der Waals surface area contributed by atoms with Crippen LogP contribution in [-0.2, 0) is 0 Å². The van der Waals surface area contributed by atoms with Crippen molar-refractivity contribution in [2.45, 2.75) is 51.1 Å². The molecule has 1 saturated carbocycles. The maximum absolute atomic E-state index is 9.92. The van der Waals surface area contributed by atoms with Crippen LogP contribution in [0.4, 0.5) is 0 Å². The molecule has 18 heavy (non-hydrogen) atoms. The first-order valence-corrected chi connectivity index (χ1v) is 6.84. The van der Waals surface area contributed by atoms with Gasteiger partial charge in [-0.2, -0.15) is 0 Å². The molecule has 2 N–H and O–H groups in total. The Morgan fingerprint density at radius 3 is 2.22 bits per heavy atom. The Morgan fingerprint density at radius 1 is 1.11 bits per heavy atom. The van der Waals surface area contributed by atoms with Crippen LogP contribution in [0.3, 0.4) is 0 Å². The molecule has 1 aliphatic rings. The molecule has 0 amide bonds. The highest BCUT2D eigenvalue weighted by Gasteiger charge is 2.25. The van der Waals surface area contributed by atoms with E-state index >= 15 is 0 Å². The molecule has 1 aromatic rings. The van der Waals surface area contributed by atoms with Gasteiger partial charge in [0.1, 0.15) is 11.5 Å². The summed E-state index contributed by atoms with van der Waals surface area (Å²) in [7, 11) is 2.09. The van der Waals surface area contributed by atoms with Gasteiger partial charge in [-0.1, -0.05) is 25.3 Å². The maximum atomic E-state index is 9.92. The molecule has 100 valence electrons. The zero-order valence-corrected chi connectivity index (χ0v) is 11.3. The van der Waals surface area contributed by atoms with E-state index in [0.717, 1.165) is 0 Å². The number of rotatable bonds is 3. The predicted molar refractivity (Wildman–Crippen MR) is 72.8 cm³/mol. The van der Waals surface area contributed by atoms with Crippen LogP contribution >= 0.6 is 0 Å². The normalized spacial score (nSPS) is 19.1. The SMILES string of the molecule is CC(c1c(O)cccc1O)N(C)C1CCCCC1. The smallest absolute Gasteiger partial charge is 0.124 e. The monoisotopic (exact) mass is 249 g/mol. The van der Waals surface area contributed by atoms with Crippen LogP contribution in [0.5, 0.6) is 11.5 Å². The summed E-state index contributed by atoms with van der Waals surface area (Å²) in [4.78, 5) is 2.29. The average Bonchev–Trinajstić information content (AvgIpc) is 2.38. The van der Waals surface area contributed by atoms with Gasteiger partial charge in [-0.25, -0.2) is 0 Å². The molecule has 3 heteroatoms. The molecule has 1 fully saturated rings. The van der Waals surface area contributed by atoms with E-state index in [4.69, 9.17) is 0 Å². The number of phenols is 2. The van der Waals surface area contributed by atoms with Crippen LogP contribution in [0.2, 0.25) is 0 Å².